The fourth-order valence-electron chi connectivity index (χ4n) is 2.57. The van der Waals surface area contributed by atoms with Crippen LogP contribution in [0.15, 0.2) is 48.5 Å². The number of H-pyrrole nitrogens is 1. The predicted octanol–water partition coefficient (Wildman–Crippen LogP) is 3.42. The quantitative estimate of drug-likeness (QED) is 0.654. The third-order valence-corrected chi connectivity index (χ3v) is 3.94. The highest BCUT2D eigenvalue weighted by molar-refractivity contribution is 6.30. The van der Waals surface area contributed by atoms with E-state index in [0.29, 0.717) is 11.0 Å². The molecule has 2 amide bonds. The Hall–Kier alpha value is -2.86. The number of carbonyl (C=O) groups is 2. The number of carbonyl (C=O) groups excluding carboxylic acids is 2. The Balaban J connectivity index is 1.72. The first-order valence-corrected chi connectivity index (χ1v) is 8.16. The Bertz CT molecular complexity index is 872. The van der Waals surface area contributed by atoms with Crippen LogP contribution in [0, 0.1) is 0 Å². The molecule has 6 nitrogen and oxygen atoms in total. The first-order chi connectivity index (χ1) is 12.0. The molecule has 2 aromatic carbocycles. The van der Waals surface area contributed by atoms with Crippen molar-refractivity contribution in [2.45, 2.75) is 19.4 Å². The molecule has 128 valence electrons. The third-order valence-electron chi connectivity index (χ3n) is 3.69. The molecule has 0 aliphatic carbocycles. The molecule has 3 aromatic rings. The number of aromatic nitrogens is 2. The van der Waals surface area contributed by atoms with Gasteiger partial charge in [0.05, 0.1) is 23.5 Å². The molecule has 1 unspecified atom stereocenters. The van der Waals surface area contributed by atoms with E-state index in [1.54, 1.807) is 24.3 Å². The summed E-state index contributed by atoms with van der Waals surface area (Å²) in [4.78, 5) is 31.2. The zero-order valence-electron chi connectivity index (χ0n) is 13.5. The second kappa shape index (κ2) is 7.36. The van der Waals surface area contributed by atoms with Crippen molar-refractivity contribution in [3.8, 4) is 0 Å². The molecule has 0 bridgehead atoms. The van der Waals surface area contributed by atoms with Gasteiger partial charge in [0.2, 0.25) is 17.8 Å². The van der Waals surface area contributed by atoms with Gasteiger partial charge in [-0.1, -0.05) is 35.9 Å². The van der Waals surface area contributed by atoms with Gasteiger partial charge in [0.15, 0.2) is 0 Å². The molecule has 3 N–H and O–H groups in total. The molecule has 0 aliphatic rings. The number of aromatic amines is 1. The Morgan fingerprint density at radius 1 is 1.16 bits per heavy atom. The van der Waals surface area contributed by atoms with E-state index in [4.69, 9.17) is 11.6 Å². The van der Waals surface area contributed by atoms with Gasteiger partial charge >= 0.3 is 0 Å². The van der Waals surface area contributed by atoms with E-state index in [1.807, 2.05) is 24.3 Å². The molecule has 7 heteroatoms. The van der Waals surface area contributed by atoms with Gasteiger partial charge in [-0.05, 0) is 29.8 Å². The summed E-state index contributed by atoms with van der Waals surface area (Å²) >= 11 is 5.89. The van der Waals surface area contributed by atoms with Crippen LogP contribution in [0.4, 0.5) is 5.95 Å². The average molecular weight is 357 g/mol. The smallest absolute Gasteiger partial charge is 0.229 e. The van der Waals surface area contributed by atoms with Crippen molar-refractivity contribution in [1.82, 2.24) is 15.3 Å². The number of fused-ring (bicyclic) bond motifs is 1. The van der Waals surface area contributed by atoms with Crippen LogP contribution in [0.5, 0.6) is 0 Å². The average Bonchev–Trinajstić information content (AvgIpc) is 2.96. The predicted molar refractivity (Wildman–Crippen MR) is 97.4 cm³/mol. The van der Waals surface area contributed by atoms with E-state index < -0.39 is 6.04 Å². The number of para-hydroxylation sites is 2. The summed E-state index contributed by atoms with van der Waals surface area (Å²) in [6.45, 7) is 1.42. The topological polar surface area (TPSA) is 86.9 Å². The lowest BCUT2D eigenvalue weighted by atomic mass is 10.0. The number of nitrogens with one attached hydrogen (secondary N) is 3. The van der Waals surface area contributed by atoms with Crippen molar-refractivity contribution in [3.63, 3.8) is 0 Å². The lowest BCUT2D eigenvalue weighted by Crippen LogP contribution is -2.29. The number of benzene rings is 2. The monoisotopic (exact) mass is 356 g/mol. The third kappa shape index (κ3) is 4.36. The number of rotatable bonds is 5. The SMILES string of the molecule is CC(=O)NC(CC(=O)Nc1nc2ccccc2[nH]1)c1ccc(Cl)cc1. The summed E-state index contributed by atoms with van der Waals surface area (Å²) in [5, 5.41) is 6.11. The zero-order valence-corrected chi connectivity index (χ0v) is 14.3. The van der Waals surface area contributed by atoms with Gasteiger partial charge in [0.1, 0.15) is 0 Å². The molecule has 0 spiro atoms. The Labute approximate surface area is 149 Å². The molecule has 0 saturated heterocycles. The number of anilines is 1. The van der Waals surface area contributed by atoms with Crippen LogP contribution in [0.2, 0.25) is 5.02 Å². The van der Waals surface area contributed by atoms with Crippen molar-refractivity contribution in [2.75, 3.05) is 5.32 Å². The van der Waals surface area contributed by atoms with Crippen LogP contribution in [-0.2, 0) is 9.59 Å². The van der Waals surface area contributed by atoms with Crippen LogP contribution >= 0.6 is 11.6 Å². The lowest BCUT2D eigenvalue weighted by molar-refractivity contribution is -0.120. The molecule has 1 atom stereocenters. The normalized spacial score (nSPS) is 11.9. The molecular weight excluding hydrogens is 340 g/mol. The second-order valence-corrected chi connectivity index (χ2v) is 6.10. The van der Waals surface area contributed by atoms with Crippen LogP contribution < -0.4 is 10.6 Å². The highest BCUT2D eigenvalue weighted by atomic mass is 35.5. The van der Waals surface area contributed by atoms with E-state index in [9.17, 15) is 9.59 Å². The van der Waals surface area contributed by atoms with E-state index >= 15 is 0 Å². The number of hydrogen-bond acceptors (Lipinski definition) is 3. The van der Waals surface area contributed by atoms with Gasteiger partial charge in [0, 0.05) is 11.9 Å². The summed E-state index contributed by atoms with van der Waals surface area (Å²) < 4.78 is 0. The van der Waals surface area contributed by atoms with E-state index in [-0.39, 0.29) is 18.2 Å². The number of amides is 2. The molecule has 0 fully saturated rings. The maximum Gasteiger partial charge on any atom is 0.229 e. The molecule has 0 radical (unpaired) electrons. The minimum atomic E-state index is -0.445. The van der Waals surface area contributed by atoms with Crippen molar-refractivity contribution in [2.24, 2.45) is 0 Å². The van der Waals surface area contributed by atoms with E-state index in [0.717, 1.165) is 16.6 Å². The summed E-state index contributed by atoms with van der Waals surface area (Å²) in [5.74, 6) is -0.0897. The van der Waals surface area contributed by atoms with Crippen LogP contribution in [0.3, 0.4) is 0 Å². The molecule has 0 aliphatic heterocycles. The minimum Gasteiger partial charge on any atom is -0.349 e. The highest BCUT2D eigenvalue weighted by Crippen LogP contribution is 2.20. The van der Waals surface area contributed by atoms with E-state index in [1.165, 1.54) is 6.92 Å². The number of nitrogens with zero attached hydrogens (tertiary/aromatic N) is 1. The highest BCUT2D eigenvalue weighted by Gasteiger charge is 2.18. The summed E-state index contributed by atoms with van der Waals surface area (Å²) in [5.41, 5.74) is 2.42. The second-order valence-electron chi connectivity index (χ2n) is 5.66. The van der Waals surface area contributed by atoms with Gasteiger partial charge in [-0.2, -0.15) is 0 Å². The van der Waals surface area contributed by atoms with Gasteiger partial charge in [0.25, 0.3) is 0 Å². The fourth-order valence-corrected chi connectivity index (χ4v) is 2.70. The Morgan fingerprint density at radius 3 is 2.56 bits per heavy atom. The zero-order chi connectivity index (χ0) is 17.8. The van der Waals surface area contributed by atoms with Gasteiger partial charge in [-0.25, -0.2) is 4.98 Å². The molecular formula is C18H17ClN4O2. The molecule has 1 aromatic heterocycles. The summed E-state index contributed by atoms with van der Waals surface area (Å²) in [6, 6.07) is 14.1. The van der Waals surface area contributed by atoms with Gasteiger partial charge < -0.3 is 10.3 Å². The van der Waals surface area contributed by atoms with Crippen molar-refractivity contribution < 1.29 is 9.59 Å². The lowest BCUT2D eigenvalue weighted by Gasteiger charge is -2.17. The number of halogens is 1. The van der Waals surface area contributed by atoms with Crippen LogP contribution in [0.1, 0.15) is 24.9 Å². The standard InChI is InChI=1S/C18H17ClN4O2/c1-11(24)20-16(12-6-8-13(19)9-7-12)10-17(25)23-18-21-14-4-2-3-5-15(14)22-18/h2-9,16H,10H2,1H3,(H,20,24)(H2,21,22,23,25). The maximum atomic E-state index is 12.4. The fraction of sp³-hybridized carbons (Fsp3) is 0.167. The minimum absolute atomic E-state index is 0.0816. The molecule has 0 saturated carbocycles. The summed E-state index contributed by atoms with van der Waals surface area (Å²) in [6.07, 6.45) is 0.0816. The number of imidazole rings is 1. The van der Waals surface area contributed by atoms with E-state index in [2.05, 4.69) is 20.6 Å². The van der Waals surface area contributed by atoms with Crippen LogP contribution in [-0.4, -0.2) is 21.8 Å². The number of hydrogen-bond donors (Lipinski definition) is 3. The largest absolute Gasteiger partial charge is 0.349 e. The van der Waals surface area contributed by atoms with Crippen molar-refractivity contribution >= 4 is 40.4 Å². The first-order valence-electron chi connectivity index (χ1n) is 7.78. The Kier molecular flexibility index (Phi) is 5.00. The molecule has 3 rings (SSSR count). The molecule has 1 heterocycles. The van der Waals surface area contributed by atoms with Crippen molar-refractivity contribution in [3.05, 3.63) is 59.1 Å². The van der Waals surface area contributed by atoms with Crippen molar-refractivity contribution in [1.29, 1.82) is 0 Å². The summed E-state index contributed by atoms with van der Waals surface area (Å²) in [7, 11) is 0. The first kappa shape index (κ1) is 17.0. The van der Waals surface area contributed by atoms with Crippen LogP contribution in [0.25, 0.3) is 11.0 Å². The van der Waals surface area contributed by atoms with Gasteiger partial charge in [-0.15, -0.1) is 0 Å². The Morgan fingerprint density at radius 2 is 1.88 bits per heavy atom. The molecule has 25 heavy (non-hydrogen) atoms. The van der Waals surface area contributed by atoms with Gasteiger partial charge in [-0.3, -0.25) is 14.9 Å². The maximum absolute atomic E-state index is 12.4.